The molecule has 2 aromatic rings. The minimum atomic E-state index is 0.0379. The fourth-order valence-electron chi connectivity index (χ4n) is 1.89. The summed E-state index contributed by atoms with van der Waals surface area (Å²) in [7, 11) is 3.07. The summed E-state index contributed by atoms with van der Waals surface area (Å²) < 4.78 is 10.8. The molecule has 8 heteroatoms. The van der Waals surface area contributed by atoms with Crippen LogP contribution in [0.15, 0.2) is 46.0 Å². The Kier molecular flexibility index (Phi) is 6.39. The van der Waals surface area contributed by atoms with Crippen molar-refractivity contribution in [1.82, 2.24) is 5.43 Å². The van der Waals surface area contributed by atoms with Crippen LogP contribution >= 0.6 is 28.1 Å². The first-order chi connectivity index (χ1) is 11.5. The fourth-order valence-corrected chi connectivity index (χ4v) is 2.51. The van der Waals surface area contributed by atoms with Crippen molar-refractivity contribution in [3.8, 4) is 17.2 Å². The van der Waals surface area contributed by atoms with Gasteiger partial charge in [-0.2, -0.15) is 5.10 Å². The van der Waals surface area contributed by atoms with Crippen molar-refractivity contribution in [2.75, 3.05) is 19.5 Å². The van der Waals surface area contributed by atoms with Crippen LogP contribution in [0.4, 0.5) is 5.69 Å². The van der Waals surface area contributed by atoms with Crippen LogP contribution in [0.3, 0.4) is 0 Å². The smallest absolute Gasteiger partial charge is 0.191 e. The van der Waals surface area contributed by atoms with Gasteiger partial charge >= 0.3 is 0 Å². The van der Waals surface area contributed by atoms with E-state index < -0.39 is 0 Å². The molecule has 0 aliphatic carbocycles. The maximum atomic E-state index is 9.77. The van der Waals surface area contributed by atoms with Gasteiger partial charge in [0.2, 0.25) is 0 Å². The number of phenols is 1. The van der Waals surface area contributed by atoms with Crippen LogP contribution in [-0.4, -0.2) is 30.7 Å². The second kappa shape index (κ2) is 8.51. The molecule has 0 aliphatic rings. The van der Waals surface area contributed by atoms with Crippen LogP contribution in [-0.2, 0) is 0 Å². The van der Waals surface area contributed by atoms with Crippen molar-refractivity contribution in [3.63, 3.8) is 0 Å². The number of hydrogen-bond donors (Lipinski definition) is 3. The van der Waals surface area contributed by atoms with E-state index in [1.165, 1.54) is 7.11 Å². The number of halogens is 1. The first kappa shape index (κ1) is 18.0. The number of phenolic OH excluding ortho intramolecular Hbond substituents is 1. The molecule has 0 radical (unpaired) electrons. The summed E-state index contributed by atoms with van der Waals surface area (Å²) in [6.07, 6.45) is 1.56. The molecule has 0 aromatic heterocycles. The summed E-state index contributed by atoms with van der Waals surface area (Å²) in [5, 5.41) is 17.2. The Morgan fingerprint density at radius 2 is 1.92 bits per heavy atom. The molecule has 0 heterocycles. The minimum Gasteiger partial charge on any atom is -0.503 e. The van der Waals surface area contributed by atoms with Crippen molar-refractivity contribution in [2.24, 2.45) is 5.10 Å². The summed E-state index contributed by atoms with van der Waals surface area (Å²) in [6.45, 7) is 0. The summed E-state index contributed by atoms with van der Waals surface area (Å²) in [4.78, 5) is 0. The number of methoxy groups -OCH3 is 2. The van der Waals surface area contributed by atoms with Gasteiger partial charge < -0.3 is 19.9 Å². The van der Waals surface area contributed by atoms with Gasteiger partial charge in [-0.25, -0.2) is 0 Å². The van der Waals surface area contributed by atoms with Crippen LogP contribution in [0, 0.1) is 0 Å². The number of hydrogen-bond acceptors (Lipinski definition) is 5. The van der Waals surface area contributed by atoms with Gasteiger partial charge in [0.25, 0.3) is 0 Å². The second-order valence-electron chi connectivity index (χ2n) is 4.58. The summed E-state index contributed by atoms with van der Waals surface area (Å²) in [6, 6.07) is 10.8. The highest BCUT2D eigenvalue weighted by atomic mass is 79.9. The summed E-state index contributed by atoms with van der Waals surface area (Å²) in [5.74, 6) is 1.06. The number of anilines is 1. The Balaban J connectivity index is 2.01. The number of hydrazone groups is 1. The lowest BCUT2D eigenvalue weighted by atomic mass is 10.2. The highest BCUT2D eigenvalue weighted by molar-refractivity contribution is 9.10. The van der Waals surface area contributed by atoms with Gasteiger partial charge in [-0.05, 0) is 58.0 Å². The molecule has 0 atom stereocenters. The molecule has 2 rings (SSSR count). The Bertz CT molecular complexity index is 768. The third-order valence-electron chi connectivity index (χ3n) is 3.01. The maximum absolute atomic E-state index is 9.77. The number of aromatic hydroxyl groups is 1. The first-order valence-electron chi connectivity index (χ1n) is 6.84. The Morgan fingerprint density at radius 1 is 1.21 bits per heavy atom. The Hall–Kier alpha value is -2.32. The third kappa shape index (κ3) is 4.59. The van der Waals surface area contributed by atoms with Gasteiger partial charge in [-0.15, -0.1) is 0 Å². The van der Waals surface area contributed by atoms with Crippen molar-refractivity contribution in [1.29, 1.82) is 0 Å². The predicted octanol–water partition coefficient (Wildman–Crippen LogP) is 3.49. The highest BCUT2D eigenvalue weighted by Gasteiger charge is 2.07. The normalized spacial score (nSPS) is 10.5. The second-order valence-corrected chi connectivity index (χ2v) is 5.84. The van der Waals surface area contributed by atoms with Gasteiger partial charge in [-0.3, -0.25) is 5.43 Å². The molecule has 6 nitrogen and oxygen atoms in total. The lowest BCUT2D eigenvalue weighted by Crippen LogP contribution is -2.24. The molecular weight excluding hydrogens is 394 g/mol. The molecule has 0 fully saturated rings. The molecule has 0 amide bonds. The molecule has 0 saturated heterocycles. The maximum Gasteiger partial charge on any atom is 0.191 e. The van der Waals surface area contributed by atoms with E-state index >= 15 is 0 Å². The topological polar surface area (TPSA) is 75.1 Å². The van der Waals surface area contributed by atoms with Gasteiger partial charge in [0.1, 0.15) is 5.75 Å². The molecule has 24 heavy (non-hydrogen) atoms. The largest absolute Gasteiger partial charge is 0.503 e. The predicted molar refractivity (Wildman–Crippen MR) is 102 cm³/mol. The van der Waals surface area contributed by atoms with Crippen LogP contribution in [0.1, 0.15) is 5.56 Å². The van der Waals surface area contributed by atoms with Gasteiger partial charge in [0.15, 0.2) is 16.6 Å². The number of rotatable bonds is 5. The van der Waals surface area contributed by atoms with Crippen molar-refractivity contribution in [2.45, 2.75) is 0 Å². The van der Waals surface area contributed by atoms with Gasteiger partial charge in [0, 0.05) is 0 Å². The van der Waals surface area contributed by atoms with E-state index in [0.717, 1.165) is 11.3 Å². The Labute approximate surface area is 153 Å². The average molecular weight is 410 g/mol. The van der Waals surface area contributed by atoms with Crippen molar-refractivity contribution < 1.29 is 14.6 Å². The quantitative estimate of drug-likeness (QED) is 0.398. The molecule has 0 aliphatic heterocycles. The molecule has 126 valence electrons. The molecule has 0 spiro atoms. The molecular formula is C16H16BrN3O3S. The van der Waals surface area contributed by atoms with Crippen molar-refractivity contribution in [3.05, 3.63) is 46.4 Å². The van der Waals surface area contributed by atoms with Crippen molar-refractivity contribution >= 4 is 45.2 Å². The molecule has 0 bridgehead atoms. The molecule has 2 aromatic carbocycles. The van der Waals surface area contributed by atoms with E-state index in [9.17, 15) is 5.11 Å². The van der Waals surface area contributed by atoms with Crippen LogP contribution < -0.4 is 20.2 Å². The molecule has 0 unspecified atom stereocenters. The zero-order valence-corrected chi connectivity index (χ0v) is 15.4. The van der Waals surface area contributed by atoms with E-state index in [2.05, 4.69) is 31.8 Å². The minimum absolute atomic E-state index is 0.0379. The molecule has 0 saturated carbocycles. The molecule has 3 N–H and O–H groups in total. The average Bonchev–Trinajstić information content (AvgIpc) is 2.58. The lowest BCUT2D eigenvalue weighted by Gasteiger charge is -2.11. The number of benzene rings is 2. The Morgan fingerprint density at radius 3 is 2.62 bits per heavy atom. The lowest BCUT2D eigenvalue weighted by molar-refractivity contribution is 0.372. The van der Waals surface area contributed by atoms with E-state index in [0.29, 0.717) is 21.1 Å². The zero-order valence-electron chi connectivity index (χ0n) is 13.0. The van der Waals surface area contributed by atoms with E-state index in [1.807, 2.05) is 24.3 Å². The number of ether oxygens (including phenoxy) is 2. The van der Waals surface area contributed by atoms with E-state index in [-0.39, 0.29) is 5.75 Å². The van der Waals surface area contributed by atoms with E-state index in [4.69, 9.17) is 21.7 Å². The fraction of sp³-hybridized carbons (Fsp3) is 0.125. The van der Waals surface area contributed by atoms with Crippen LogP contribution in [0.25, 0.3) is 0 Å². The van der Waals surface area contributed by atoms with E-state index in [1.54, 1.807) is 25.5 Å². The first-order valence-corrected chi connectivity index (χ1v) is 8.05. The zero-order chi connectivity index (χ0) is 17.5. The number of nitrogens with one attached hydrogen (secondary N) is 2. The van der Waals surface area contributed by atoms with Crippen LogP contribution in [0.5, 0.6) is 17.2 Å². The highest BCUT2D eigenvalue weighted by Crippen LogP contribution is 2.34. The van der Waals surface area contributed by atoms with Crippen LogP contribution in [0.2, 0.25) is 0 Å². The number of nitrogens with zero attached hydrogens (tertiary/aromatic N) is 1. The number of thiocarbonyl (C=S) groups is 1. The summed E-state index contributed by atoms with van der Waals surface area (Å²) in [5.41, 5.74) is 4.18. The van der Waals surface area contributed by atoms with Gasteiger partial charge in [0.05, 0.1) is 30.6 Å². The number of para-hydroxylation sites is 2. The SMILES string of the molecule is COc1ccccc1NC(=S)NN=Cc1cc(Br)c(O)c(OC)c1. The third-order valence-corrected chi connectivity index (χ3v) is 3.80. The standard InChI is InChI=1S/C16H16BrN3O3S/c1-22-13-6-4-3-5-12(13)19-16(24)20-18-9-10-7-11(17)15(21)14(8-10)23-2/h3-9,21H,1-2H3,(H2,19,20,24). The summed E-state index contributed by atoms with van der Waals surface area (Å²) >= 11 is 8.44. The monoisotopic (exact) mass is 409 g/mol. The van der Waals surface area contributed by atoms with Gasteiger partial charge in [-0.1, -0.05) is 12.1 Å².